The third-order valence-corrected chi connectivity index (χ3v) is 1.97. The summed E-state index contributed by atoms with van der Waals surface area (Å²) in [7, 11) is 0. The highest BCUT2D eigenvalue weighted by atomic mass is 19.1. The Morgan fingerprint density at radius 1 is 1.25 bits per heavy atom. The Labute approximate surface area is 92.6 Å². The Bertz CT molecular complexity index is 376. The lowest BCUT2D eigenvalue weighted by molar-refractivity contribution is -0.120. The number of hydrogen-bond donors (Lipinski definition) is 2. The van der Waals surface area contributed by atoms with E-state index >= 15 is 0 Å². The quantitative estimate of drug-likeness (QED) is 0.758. The van der Waals surface area contributed by atoms with Gasteiger partial charge in [-0.25, -0.2) is 4.39 Å². The van der Waals surface area contributed by atoms with Crippen LogP contribution >= 0.6 is 0 Å². The van der Waals surface area contributed by atoms with Gasteiger partial charge in [0.15, 0.2) is 0 Å². The molecule has 4 nitrogen and oxygen atoms in total. The average molecular weight is 224 g/mol. The number of benzene rings is 1. The Hall–Kier alpha value is -1.91. The van der Waals surface area contributed by atoms with Crippen LogP contribution in [0.25, 0.3) is 0 Å². The number of halogens is 1. The largest absolute Gasteiger partial charge is 0.370 e. The Balaban J connectivity index is 2.34. The van der Waals surface area contributed by atoms with Crippen molar-refractivity contribution < 1.29 is 14.0 Å². The van der Waals surface area contributed by atoms with Crippen molar-refractivity contribution in [2.24, 2.45) is 5.73 Å². The topological polar surface area (TPSA) is 72.2 Å². The molecule has 5 heteroatoms. The van der Waals surface area contributed by atoms with Crippen molar-refractivity contribution in [2.45, 2.75) is 12.8 Å². The second-order valence-electron chi connectivity index (χ2n) is 3.37. The summed E-state index contributed by atoms with van der Waals surface area (Å²) >= 11 is 0. The average Bonchev–Trinajstić information content (AvgIpc) is 2.21. The molecule has 0 aliphatic heterocycles. The smallest absolute Gasteiger partial charge is 0.224 e. The maximum Gasteiger partial charge on any atom is 0.224 e. The molecular weight excluding hydrogens is 211 g/mol. The predicted molar refractivity (Wildman–Crippen MR) is 56.9 cm³/mol. The van der Waals surface area contributed by atoms with Crippen LogP contribution in [0.1, 0.15) is 12.0 Å². The van der Waals surface area contributed by atoms with Crippen LogP contribution in [-0.2, 0) is 16.0 Å². The molecule has 3 N–H and O–H groups in total. The van der Waals surface area contributed by atoms with Gasteiger partial charge in [0.2, 0.25) is 11.8 Å². The van der Waals surface area contributed by atoms with Crippen LogP contribution in [0.5, 0.6) is 0 Å². The molecule has 0 unspecified atom stereocenters. The number of carbonyl (C=O) groups is 2. The summed E-state index contributed by atoms with van der Waals surface area (Å²) in [6.07, 6.45) is 0.286. The normalized spacial score (nSPS) is 9.81. The first-order valence-corrected chi connectivity index (χ1v) is 4.87. The molecule has 0 spiro atoms. The van der Waals surface area contributed by atoms with Crippen LogP contribution in [-0.4, -0.2) is 18.4 Å². The fourth-order valence-electron chi connectivity index (χ4n) is 1.18. The highest BCUT2D eigenvalue weighted by Gasteiger charge is 2.03. The zero-order valence-corrected chi connectivity index (χ0v) is 8.70. The van der Waals surface area contributed by atoms with Crippen molar-refractivity contribution in [3.63, 3.8) is 0 Å². The monoisotopic (exact) mass is 224 g/mol. The number of nitrogens with two attached hydrogens (primary N) is 1. The van der Waals surface area contributed by atoms with Crippen LogP contribution in [0.15, 0.2) is 24.3 Å². The fraction of sp³-hybridized carbons (Fsp3) is 0.273. The minimum absolute atomic E-state index is 0.120. The van der Waals surface area contributed by atoms with Gasteiger partial charge in [-0.3, -0.25) is 9.59 Å². The molecule has 0 radical (unpaired) electrons. The zero-order chi connectivity index (χ0) is 12.0. The molecule has 1 aromatic rings. The van der Waals surface area contributed by atoms with Crippen molar-refractivity contribution in [1.82, 2.24) is 5.32 Å². The van der Waals surface area contributed by atoms with Gasteiger partial charge in [0, 0.05) is 13.0 Å². The van der Waals surface area contributed by atoms with Gasteiger partial charge in [-0.05, 0) is 17.7 Å². The van der Waals surface area contributed by atoms with E-state index < -0.39 is 5.91 Å². The predicted octanol–water partition coefficient (Wildman–Crippen LogP) is 0.360. The Morgan fingerprint density at radius 3 is 2.44 bits per heavy atom. The SMILES string of the molecule is NC(=O)CCNC(=O)Cc1ccc(F)cc1. The Kier molecular flexibility index (Phi) is 4.44. The molecule has 1 rings (SSSR count). The standard InChI is InChI=1S/C11H13FN2O2/c12-9-3-1-8(2-4-9)7-11(16)14-6-5-10(13)15/h1-4H,5-7H2,(H2,13,15)(H,14,16). The van der Waals surface area contributed by atoms with Gasteiger partial charge in [0.1, 0.15) is 5.82 Å². The van der Waals surface area contributed by atoms with Crippen molar-refractivity contribution >= 4 is 11.8 Å². The van der Waals surface area contributed by atoms with Crippen molar-refractivity contribution in [1.29, 1.82) is 0 Å². The number of amides is 2. The van der Waals surface area contributed by atoms with Crippen LogP contribution < -0.4 is 11.1 Å². The molecule has 0 aromatic heterocycles. The molecule has 16 heavy (non-hydrogen) atoms. The van der Waals surface area contributed by atoms with E-state index in [4.69, 9.17) is 5.73 Å². The van der Waals surface area contributed by atoms with E-state index in [1.807, 2.05) is 0 Å². The highest BCUT2D eigenvalue weighted by Crippen LogP contribution is 2.03. The summed E-state index contributed by atoms with van der Waals surface area (Å²) < 4.78 is 12.6. The zero-order valence-electron chi connectivity index (χ0n) is 8.70. The van der Waals surface area contributed by atoms with Crippen molar-refractivity contribution in [3.05, 3.63) is 35.6 Å². The van der Waals surface area contributed by atoms with Crippen LogP contribution in [0, 0.1) is 5.82 Å². The van der Waals surface area contributed by atoms with Gasteiger partial charge in [0.25, 0.3) is 0 Å². The lowest BCUT2D eigenvalue weighted by atomic mass is 10.1. The van der Waals surface area contributed by atoms with Gasteiger partial charge in [-0.1, -0.05) is 12.1 Å². The van der Waals surface area contributed by atoms with Gasteiger partial charge >= 0.3 is 0 Å². The lowest BCUT2D eigenvalue weighted by Crippen LogP contribution is -2.29. The molecule has 0 aliphatic carbocycles. The number of primary amides is 1. The van der Waals surface area contributed by atoms with E-state index in [0.717, 1.165) is 5.56 Å². The summed E-state index contributed by atoms with van der Waals surface area (Å²) in [5.74, 6) is -1.01. The first-order valence-electron chi connectivity index (χ1n) is 4.87. The minimum atomic E-state index is -0.456. The molecule has 86 valence electrons. The van der Waals surface area contributed by atoms with Gasteiger partial charge in [0.05, 0.1) is 6.42 Å². The third-order valence-electron chi connectivity index (χ3n) is 1.97. The van der Waals surface area contributed by atoms with E-state index in [2.05, 4.69) is 5.32 Å². The second kappa shape index (κ2) is 5.85. The molecule has 0 saturated carbocycles. The van der Waals surface area contributed by atoms with E-state index in [0.29, 0.717) is 0 Å². The maximum absolute atomic E-state index is 12.6. The second-order valence-corrected chi connectivity index (χ2v) is 3.37. The summed E-state index contributed by atoms with van der Waals surface area (Å²) in [5, 5.41) is 2.54. The third kappa shape index (κ3) is 4.54. The molecule has 1 aromatic carbocycles. The summed E-state index contributed by atoms with van der Waals surface area (Å²) in [6, 6.07) is 5.68. The number of nitrogens with one attached hydrogen (secondary N) is 1. The van der Waals surface area contributed by atoms with E-state index in [-0.39, 0.29) is 31.1 Å². The molecule has 0 fully saturated rings. The van der Waals surface area contributed by atoms with Gasteiger partial charge < -0.3 is 11.1 Å². The van der Waals surface area contributed by atoms with Crippen LogP contribution in [0.3, 0.4) is 0 Å². The minimum Gasteiger partial charge on any atom is -0.370 e. The van der Waals surface area contributed by atoms with Gasteiger partial charge in [-0.2, -0.15) is 0 Å². The molecule has 0 heterocycles. The molecule has 0 aliphatic rings. The van der Waals surface area contributed by atoms with Crippen molar-refractivity contribution in [2.75, 3.05) is 6.54 Å². The Morgan fingerprint density at radius 2 is 1.88 bits per heavy atom. The van der Waals surface area contributed by atoms with E-state index in [1.54, 1.807) is 12.1 Å². The highest BCUT2D eigenvalue weighted by molar-refractivity contribution is 5.79. The lowest BCUT2D eigenvalue weighted by Gasteiger charge is -2.03. The fourth-order valence-corrected chi connectivity index (χ4v) is 1.18. The van der Waals surface area contributed by atoms with Gasteiger partial charge in [-0.15, -0.1) is 0 Å². The van der Waals surface area contributed by atoms with Crippen LogP contribution in [0.4, 0.5) is 4.39 Å². The summed E-state index contributed by atoms with van der Waals surface area (Å²) in [5.41, 5.74) is 5.64. The molecule has 0 bridgehead atoms. The van der Waals surface area contributed by atoms with E-state index in [9.17, 15) is 14.0 Å². The molecule has 0 saturated heterocycles. The molecule has 0 atom stereocenters. The first-order chi connectivity index (χ1) is 7.58. The summed E-state index contributed by atoms with van der Waals surface area (Å²) in [4.78, 5) is 21.7. The maximum atomic E-state index is 12.6. The van der Waals surface area contributed by atoms with E-state index in [1.165, 1.54) is 12.1 Å². The van der Waals surface area contributed by atoms with Crippen molar-refractivity contribution in [3.8, 4) is 0 Å². The summed E-state index contributed by atoms with van der Waals surface area (Å²) in [6.45, 7) is 0.232. The number of hydrogen-bond acceptors (Lipinski definition) is 2. The molecular formula is C11H13FN2O2. The number of carbonyl (C=O) groups excluding carboxylic acids is 2. The van der Waals surface area contributed by atoms with Crippen LogP contribution in [0.2, 0.25) is 0 Å². The first kappa shape index (κ1) is 12.2. The number of rotatable bonds is 5. The molecule has 2 amide bonds.